The second-order valence-electron chi connectivity index (χ2n) is 4.99. The largest absolute Gasteiger partial charge is 0.496 e. The summed E-state index contributed by atoms with van der Waals surface area (Å²) in [6, 6.07) is 14.4. The predicted molar refractivity (Wildman–Crippen MR) is 87.5 cm³/mol. The Labute approximate surface area is 124 Å². The minimum Gasteiger partial charge on any atom is -0.496 e. The van der Waals surface area contributed by atoms with Crippen LogP contribution in [0.3, 0.4) is 0 Å². The molecule has 0 saturated carbocycles. The van der Waals surface area contributed by atoms with Gasteiger partial charge in [-0.05, 0) is 35.1 Å². The number of aryl methyl sites for hydroxylation is 1. The van der Waals surface area contributed by atoms with Gasteiger partial charge in [-0.25, -0.2) is 4.98 Å². The van der Waals surface area contributed by atoms with E-state index in [4.69, 9.17) is 10.5 Å². The average molecular weight is 278 g/mol. The van der Waals surface area contributed by atoms with Crippen LogP contribution < -0.4 is 10.5 Å². The summed E-state index contributed by atoms with van der Waals surface area (Å²) in [4.78, 5) is 4.34. The minimum absolute atomic E-state index is 0.533. The molecule has 0 aliphatic rings. The highest BCUT2D eigenvalue weighted by Gasteiger charge is 2.11. The molecule has 1 heterocycles. The molecule has 0 radical (unpaired) electrons. The van der Waals surface area contributed by atoms with Gasteiger partial charge in [-0.3, -0.25) is 0 Å². The van der Waals surface area contributed by atoms with Crippen LogP contribution in [-0.2, 0) is 6.42 Å². The molecule has 0 aliphatic carbocycles. The molecule has 0 bridgehead atoms. The molecule has 0 atom stereocenters. The Morgan fingerprint density at radius 1 is 1.10 bits per heavy atom. The zero-order chi connectivity index (χ0) is 14.8. The van der Waals surface area contributed by atoms with Gasteiger partial charge < -0.3 is 10.5 Å². The fourth-order valence-corrected chi connectivity index (χ4v) is 2.65. The van der Waals surface area contributed by atoms with E-state index in [1.54, 1.807) is 7.11 Å². The molecule has 2 aromatic carbocycles. The number of benzene rings is 2. The molecule has 3 nitrogen and oxygen atoms in total. The lowest BCUT2D eigenvalue weighted by molar-refractivity contribution is 0.411. The van der Waals surface area contributed by atoms with Gasteiger partial charge in [-0.1, -0.05) is 37.3 Å². The Balaban J connectivity index is 2.35. The summed E-state index contributed by atoms with van der Waals surface area (Å²) in [5.41, 5.74) is 9.46. The summed E-state index contributed by atoms with van der Waals surface area (Å²) >= 11 is 0. The first-order chi connectivity index (χ1) is 10.2. The number of rotatable bonds is 3. The fourth-order valence-electron chi connectivity index (χ4n) is 2.65. The van der Waals surface area contributed by atoms with Crippen LogP contribution in [0.4, 0.5) is 5.82 Å². The lowest BCUT2D eigenvalue weighted by Gasteiger charge is -2.13. The van der Waals surface area contributed by atoms with Gasteiger partial charge in [-0.15, -0.1) is 0 Å². The van der Waals surface area contributed by atoms with Gasteiger partial charge in [0.15, 0.2) is 0 Å². The first-order valence-electron chi connectivity index (χ1n) is 7.05. The Morgan fingerprint density at radius 3 is 2.52 bits per heavy atom. The summed E-state index contributed by atoms with van der Waals surface area (Å²) in [6.07, 6.45) is 2.76. The van der Waals surface area contributed by atoms with Crippen molar-refractivity contribution >= 4 is 16.6 Å². The zero-order valence-corrected chi connectivity index (χ0v) is 12.3. The lowest BCUT2D eigenvalue weighted by atomic mass is 9.97. The van der Waals surface area contributed by atoms with Crippen molar-refractivity contribution in [2.24, 2.45) is 0 Å². The van der Waals surface area contributed by atoms with Crippen LogP contribution in [0, 0.1) is 0 Å². The number of methoxy groups -OCH3 is 1. The molecular weight excluding hydrogens is 260 g/mol. The van der Waals surface area contributed by atoms with E-state index in [9.17, 15) is 0 Å². The number of nitrogens with zero attached hydrogens (tertiary/aromatic N) is 1. The molecule has 106 valence electrons. The molecular formula is C18H18N2O. The highest BCUT2D eigenvalue weighted by molar-refractivity contribution is 6.02. The van der Waals surface area contributed by atoms with Crippen LogP contribution in [0.2, 0.25) is 0 Å². The van der Waals surface area contributed by atoms with Crippen LogP contribution in [0.25, 0.3) is 21.9 Å². The van der Waals surface area contributed by atoms with E-state index in [-0.39, 0.29) is 0 Å². The van der Waals surface area contributed by atoms with Crippen molar-refractivity contribution in [3.8, 4) is 16.9 Å². The number of nitrogens with two attached hydrogens (primary N) is 1. The highest BCUT2D eigenvalue weighted by atomic mass is 16.5. The molecule has 0 amide bonds. The number of fused-ring (bicyclic) bond motifs is 1. The van der Waals surface area contributed by atoms with Crippen molar-refractivity contribution in [1.82, 2.24) is 4.98 Å². The van der Waals surface area contributed by atoms with Crippen molar-refractivity contribution in [1.29, 1.82) is 0 Å². The van der Waals surface area contributed by atoms with Crippen molar-refractivity contribution in [3.05, 3.63) is 54.2 Å². The monoisotopic (exact) mass is 278 g/mol. The molecule has 0 saturated heterocycles. The predicted octanol–water partition coefficient (Wildman–Crippen LogP) is 4.06. The summed E-state index contributed by atoms with van der Waals surface area (Å²) < 4.78 is 5.46. The normalized spacial score (nSPS) is 10.8. The van der Waals surface area contributed by atoms with E-state index in [0.29, 0.717) is 5.82 Å². The summed E-state index contributed by atoms with van der Waals surface area (Å²) in [6.45, 7) is 2.12. The number of anilines is 1. The average Bonchev–Trinajstić information content (AvgIpc) is 2.55. The Hall–Kier alpha value is -2.55. The smallest absolute Gasteiger partial charge is 0.131 e. The fraction of sp³-hybridized carbons (Fsp3) is 0.167. The Bertz CT molecular complexity index is 782. The molecule has 2 N–H and O–H groups in total. The first-order valence-corrected chi connectivity index (χ1v) is 7.05. The topological polar surface area (TPSA) is 48.1 Å². The van der Waals surface area contributed by atoms with Crippen molar-refractivity contribution < 1.29 is 4.74 Å². The van der Waals surface area contributed by atoms with Crippen LogP contribution >= 0.6 is 0 Å². The molecule has 0 unspecified atom stereocenters. The third-order valence-corrected chi connectivity index (χ3v) is 3.79. The maximum atomic E-state index is 6.05. The van der Waals surface area contributed by atoms with Gasteiger partial charge in [0, 0.05) is 17.1 Å². The highest BCUT2D eigenvalue weighted by Crippen LogP contribution is 2.35. The minimum atomic E-state index is 0.533. The third kappa shape index (κ3) is 2.31. The van der Waals surface area contributed by atoms with E-state index >= 15 is 0 Å². The molecule has 3 heteroatoms. The van der Waals surface area contributed by atoms with E-state index < -0.39 is 0 Å². The summed E-state index contributed by atoms with van der Waals surface area (Å²) in [7, 11) is 1.69. The number of hydrogen-bond donors (Lipinski definition) is 1. The molecule has 1 aromatic heterocycles. The SMILES string of the molecule is CCc1cc2c(-c3ccccc3)cnc(N)c2cc1OC. The van der Waals surface area contributed by atoms with E-state index in [0.717, 1.165) is 34.1 Å². The Morgan fingerprint density at radius 2 is 1.86 bits per heavy atom. The van der Waals surface area contributed by atoms with E-state index in [1.165, 1.54) is 5.56 Å². The quantitative estimate of drug-likeness (QED) is 0.786. The number of aromatic nitrogens is 1. The van der Waals surface area contributed by atoms with Gasteiger partial charge in [0.1, 0.15) is 11.6 Å². The molecule has 3 aromatic rings. The van der Waals surface area contributed by atoms with Gasteiger partial charge in [0.05, 0.1) is 7.11 Å². The second-order valence-corrected chi connectivity index (χ2v) is 4.99. The zero-order valence-electron chi connectivity index (χ0n) is 12.3. The number of pyridine rings is 1. The van der Waals surface area contributed by atoms with Crippen molar-refractivity contribution in [2.45, 2.75) is 13.3 Å². The van der Waals surface area contributed by atoms with Gasteiger partial charge in [0.2, 0.25) is 0 Å². The van der Waals surface area contributed by atoms with Gasteiger partial charge in [-0.2, -0.15) is 0 Å². The van der Waals surface area contributed by atoms with E-state index in [1.807, 2.05) is 30.5 Å². The number of hydrogen-bond acceptors (Lipinski definition) is 3. The lowest BCUT2D eigenvalue weighted by Crippen LogP contribution is -1.97. The second kappa shape index (κ2) is 5.44. The molecule has 3 rings (SSSR count). The van der Waals surface area contributed by atoms with Crippen LogP contribution in [0.15, 0.2) is 48.7 Å². The van der Waals surface area contributed by atoms with Crippen molar-refractivity contribution in [3.63, 3.8) is 0 Å². The van der Waals surface area contributed by atoms with Crippen molar-refractivity contribution in [2.75, 3.05) is 12.8 Å². The van der Waals surface area contributed by atoms with Gasteiger partial charge >= 0.3 is 0 Å². The van der Waals surface area contributed by atoms with Gasteiger partial charge in [0.25, 0.3) is 0 Å². The van der Waals surface area contributed by atoms with Crippen LogP contribution in [0.1, 0.15) is 12.5 Å². The number of nitrogen functional groups attached to an aromatic ring is 1. The maximum Gasteiger partial charge on any atom is 0.131 e. The molecule has 0 spiro atoms. The molecule has 0 fully saturated rings. The maximum absolute atomic E-state index is 6.05. The van der Waals surface area contributed by atoms with Crippen LogP contribution in [-0.4, -0.2) is 12.1 Å². The molecule has 0 aliphatic heterocycles. The van der Waals surface area contributed by atoms with E-state index in [2.05, 4.69) is 30.1 Å². The third-order valence-electron chi connectivity index (χ3n) is 3.79. The molecule has 21 heavy (non-hydrogen) atoms. The standard InChI is InChI=1S/C18H18N2O/c1-3-12-9-14-15(10-17(12)21-2)18(19)20-11-16(14)13-7-5-4-6-8-13/h4-11H,3H2,1-2H3,(H2,19,20). The summed E-state index contributed by atoms with van der Waals surface area (Å²) in [5, 5.41) is 2.05. The summed E-state index contributed by atoms with van der Waals surface area (Å²) in [5.74, 6) is 1.40. The Kier molecular flexibility index (Phi) is 3.48. The number of ether oxygens (including phenoxy) is 1. The van der Waals surface area contributed by atoms with Crippen LogP contribution in [0.5, 0.6) is 5.75 Å². The first kappa shape index (κ1) is 13.4.